The molecule has 100 valence electrons. The molecule has 0 bridgehead atoms. The first-order valence-corrected chi connectivity index (χ1v) is 6.63. The van der Waals surface area contributed by atoms with E-state index in [1.54, 1.807) is 0 Å². The van der Waals surface area contributed by atoms with Gasteiger partial charge in [-0.3, -0.25) is 0 Å². The zero-order valence-corrected chi connectivity index (χ0v) is 11.1. The maximum atomic E-state index is 5.84. The predicted octanol–water partition coefficient (Wildman–Crippen LogP) is 2.65. The van der Waals surface area contributed by atoms with Gasteiger partial charge in [-0.1, -0.05) is 0 Å². The van der Waals surface area contributed by atoms with Gasteiger partial charge in [-0.25, -0.2) is 0 Å². The molecule has 0 atom stereocenters. The smallest absolute Gasteiger partial charge is 0.144 e. The van der Waals surface area contributed by atoms with Crippen molar-refractivity contribution in [2.75, 3.05) is 24.3 Å². The van der Waals surface area contributed by atoms with E-state index in [4.69, 9.17) is 15.2 Å². The number of hydrogen-bond donors (Lipinski definition) is 2. The molecular weight excluding hydrogens is 228 g/mol. The van der Waals surface area contributed by atoms with Crippen LogP contribution in [0.4, 0.5) is 11.4 Å². The zero-order valence-electron chi connectivity index (χ0n) is 11.1. The first kappa shape index (κ1) is 13.0. The SMILES string of the molecule is CCOc1cc(NC2CC(OCC)C2)ccc1N. The lowest BCUT2D eigenvalue weighted by molar-refractivity contribution is 0.00299. The Kier molecular flexibility index (Phi) is 4.31. The van der Waals surface area contributed by atoms with Gasteiger partial charge in [0.15, 0.2) is 0 Å². The Morgan fingerprint density at radius 1 is 1.28 bits per heavy atom. The van der Waals surface area contributed by atoms with Crippen molar-refractivity contribution in [3.05, 3.63) is 18.2 Å². The Morgan fingerprint density at radius 3 is 2.72 bits per heavy atom. The normalized spacial score (nSPS) is 22.3. The molecular formula is C14H22N2O2. The van der Waals surface area contributed by atoms with Crippen molar-refractivity contribution in [1.82, 2.24) is 0 Å². The first-order chi connectivity index (χ1) is 8.72. The average Bonchev–Trinajstić information content (AvgIpc) is 2.31. The van der Waals surface area contributed by atoms with Gasteiger partial charge in [0.05, 0.1) is 18.4 Å². The molecule has 4 heteroatoms. The van der Waals surface area contributed by atoms with E-state index >= 15 is 0 Å². The van der Waals surface area contributed by atoms with Crippen LogP contribution in [0.25, 0.3) is 0 Å². The number of ether oxygens (including phenoxy) is 2. The lowest BCUT2D eigenvalue weighted by Gasteiger charge is -2.36. The molecule has 0 aromatic heterocycles. The summed E-state index contributed by atoms with van der Waals surface area (Å²) in [6, 6.07) is 6.34. The second-order valence-electron chi connectivity index (χ2n) is 4.58. The lowest BCUT2D eigenvalue weighted by atomic mass is 9.89. The third-order valence-corrected chi connectivity index (χ3v) is 3.18. The Labute approximate surface area is 108 Å². The number of nitrogen functional groups attached to an aromatic ring is 1. The van der Waals surface area contributed by atoms with Crippen molar-refractivity contribution in [2.24, 2.45) is 0 Å². The summed E-state index contributed by atoms with van der Waals surface area (Å²) in [5.41, 5.74) is 7.59. The zero-order chi connectivity index (χ0) is 13.0. The molecule has 2 rings (SSSR count). The summed E-state index contributed by atoms with van der Waals surface area (Å²) in [4.78, 5) is 0. The third kappa shape index (κ3) is 3.07. The largest absolute Gasteiger partial charge is 0.492 e. The fourth-order valence-corrected chi connectivity index (χ4v) is 2.20. The van der Waals surface area contributed by atoms with Crippen molar-refractivity contribution < 1.29 is 9.47 Å². The molecule has 4 nitrogen and oxygen atoms in total. The molecule has 1 aromatic carbocycles. The van der Waals surface area contributed by atoms with Crippen molar-refractivity contribution >= 4 is 11.4 Å². The second-order valence-corrected chi connectivity index (χ2v) is 4.58. The van der Waals surface area contributed by atoms with E-state index in [0.29, 0.717) is 24.4 Å². The van der Waals surface area contributed by atoms with Gasteiger partial charge in [0.25, 0.3) is 0 Å². The highest BCUT2D eigenvalue weighted by molar-refractivity contribution is 5.61. The van der Waals surface area contributed by atoms with Crippen LogP contribution < -0.4 is 15.8 Å². The van der Waals surface area contributed by atoms with E-state index in [1.165, 1.54) is 0 Å². The minimum Gasteiger partial charge on any atom is -0.492 e. The van der Waals surface area contributed by atoms with Crippen LogP contribution in [0, 0.1) is 0 Å². The molecule has 0 radical (unpaired) electrons. The molecule has 18 heavy (non-hydrogen) atoms. The molecule has 0 aliphatic heterocycles. The molecule has 1 fully saturated rings. The molecule has 1 aromatic rings. The number of rotatable bonds is 6. The van der Waals surface area contributed by atoms with Crippen LogP contribution in [-0.2, 0) is 4.74 Å². The van der Waals surface area contributed by atoms with Gasteiger partial charge in [-0.05, 0) is 38.8 Å². The summed E-state index contributed by atoms with van der Waals surface area (Å²) >= 11 is 0. The maximum absolute atomic E-state index is 5.84. The van der Waals surface area contributed by atoms with E-state index in [2.05, 4.69) is 5.32 Å². The number of nitrogens with one attached hydrogen (secondary N) is 1. The van der Waals surface area contributed by atoms with Crippen LogP contribution in [0.3, 0.4) is 0 Å². The van der Waals surface area contributed by atoms with Crippen LogP contribution in [0.15, 0.2) is 18.2 Å². The number of anilines is 2. The van der Waals surface area contributed by atoms with E-state index in [1.807, 2.05) is 32.0 Å². The topological polar surface area (TPSA) is 56.5 Å². The van der Waals surface area contributed by atoms with Gasteiger partial charge in [-0.15, -0.1) is 0 Å². The van der Waals surface area contributed by atoms with Crippen molar-refractivity contribution in [2.45, 2.75) is 38.8 Å². The molecule has 3 N–H and O–H groups in total. The highest BCUT2D eigenvalue weighted by atomic mass is 16.5. The highest BCUT2D eigenvalue weighted by Crippen LogP contribution is 2.30. The fraction of sp³-hybridized carbons (Fsp3) is 0.571. The molecule has 1 aliphatic carbocycles. The Bertz CT molecular complexity index is 389. The quantitative estimate of drug-likeness (QED) is 0.762. The van der Waals surface area contributed by atoms with E-state index in [9.17, 15) is 0 Å². The van der Waals surface area contributed by atoms with Crippen molar-refractivity contribution in [3.63, 3.8) is 0 Å². The summed E-state index contributed by atoms with van der Waals surface area (Å²) in [6.45, 7) is 5.42. The van der Waals surface area contributed by atoms with Crippen LogP contribution in [0.1, 0.15) is 26.7 Å². The van der Waals surface area contributed by atoms with Crippen LogP contribution in [-0.4, -0.2) is 25.4 Å². The Hall–Kier alpha value is -1.42. The van der Waals surface area contributed by atoms with Crippen molar-refractivity contribution in [1.29, 1.82) is 0 Å². The summed E-state index contributed by atoms with van der Waals surface area (Å²) in [5, 5.41) is 3.48. The second kappa shape index (κ2) is 5.96. The lowest BCUT2D eigenvalue weighted by Crippen LogP contribution is -2.40. The molecule has 1 saturated carbocycles. The predicted molar refractivity (Wildman–Crippen MR) is 74.1 cm³/mol. The van der Waals surface area contributed by atoms with Crippen LogP contribution in [0.5, 0.6) is 5.75 Å². The number of nitrogens with two attached hydrogens (primary N) is 1. The van der Waals surface area contributed by atoms with Crippen molar-refractivity contribution in [3.8, 4) is 5.75 Å². The van der Waals surface area contributed by atoms with Crippen LogP contribution >= 0.6 is 0 Å². The monoisotopic (exact) mass is 250 g/mol. The summed E-state index contributed by atoms with van der Waals surface area (Å²) in [7, 11) is 0. The van der Waals surface area contributed by atoms with Gasteiger partial charge in [0.2, 0.25) is 0 Å². The minimum atomic E-state index is 0.424. The fourth-order valence-electron chi connectivity index (χ4n) is 2.20. The molecule has 1 aliphatic rings. The molecule has 0 heterocycles. The first-order valence-electron chi connectivity index (χ1n) is 6.63. The van der Waals surface area contributed by atoms with Gasteiger partial charge < -0.3 is 20.5 Å². The molecule has 0 spiro atoms. The van der Waals surface area contributed by atoms with Crippen LogP contribution in [0.2, 0.25) is 0 Å². The average molecular weight is 250 g/mol. The standard InChI is InChI=1S/C14H22N2O2/c1-3-17-12-7-11(8-12)16-10-5-6-13(15)14(9-10)18-4-2/h5-6,9,11-12,16H,3-4,7-8,15H2,1-2H3. The molecule has 0 saturated heterocycles. The van der Waals surface area contributed by atoms with E-state index < -0.39 is 0 Å². The summed E-state index contributed by atoms with van der Waals surface area (Å²) in [6.07, 6.45) is 2.57. The van der Waals surface area contributed by atoms with Gasteiger partial charge in [-0.2, -0.15) is 0 Å². The van der Waals surface area contributed by atoms with Gasteiger partial charge >= 0.3 is 0 Å². The van der Waals surface area contributed by atoms with Gasteiger partial charge in [0, 0.05) is 24.4 Å². The Morgan fingerprint density at radius 2 is 2.06 bits per heavy atom. The molecule has 0 unspecified atom stereocenters. The number of hydrogen-bond acceptors (Lipinski definition) is 4. The maximum Gasteiger partial charge on any atom is 0.144 e. The summed E-state index contributed by atoms with van der Waals surface area (Å²) < 4.78 is 11.0. The third-order valence-electron chi connectivity index (χ3n) is 3.18. The summed E-state index contributed by atoms with van der Waals surface area (Å²) in [5.74, 6) is 0.753. The molecule has 0 amide bonds. The van der Waals surface area contributed by atoms with Gasteiger partial charge in [0.1, 0.15) is 5.75 Å². The van der Waals surface area contributed by atoms with E-state index in [-0.39, 0.29) is 0 Å². The highest BCUT2D eigenvalue weighted by Gasteiger charge is 2.29. The van der Waals surface area contributed by atoms with E-state index in [0.717, 1.165) is 30.9 Å². The number of benzene rings is 1. The Balaban J connectivity index is 1.88. The minimum absolute atomic E-state index is 0.424.